The Morgan fingerprint density at radius 1 is 0.556 bits per heavy atom. The molecule has 0 aromatic heterocycles. The molecule has 9 atom stereocenters. The van der Waals surface area contributed by atoms with E-state index < -0.39 is 108 Å². The van der Waals surface area contributed by atoms with Gasteiger partial charge in [-0.15, -0.1) is 0 Å². The molecule has 23 heteroatoms. The Morgan fingerprint density at radius 2 is 1.05 bits per heavy atom. The zero-order valence-corrected chi connectivity index (χ0v) is 48.3. The summed E-state index contributed by atoms with van der Waals surface area (Å²) in [5.74, 6) is -6.88. The number of nitrogens with two attached hydrogens (primary N) is 4. The number of unbranched alkanes of at least 4 members (excludes halogenated alkanes) is 4. The molecule has 0 saturated carbocycles. The Labute approximate surface area is 478 Å². The van der Waals surface area contributed by atoms with Crippen molar-refractivity contribution in [3.05, 3.63) is 60.2 Å². The SMILES string of the molecule is CCCCCCC[C@@H](O)CC(=O)N[C@@H](CCN)C(=O)N[C@@H]1CCNC(=O)[C@H](CCC(C)C)NC(=O)[C@H](CCN)NC(=O)[C@H](CCN)NC(=O)[C@H](CC(C)C)NC(=O)[C@@H](Cc2ccc(-c3ccccc3)cc2)NC(=O)[C@H](CCN)NC1=O. The van der Waals surface area contributed by atoms with Crippen molar-refractivity contribution in [1.82, 2.24) is 47.9 Å². The molecule has 1 aliphatic heterocycles. The largest absolute Gasteiger partial charge is 0.393 e. The Hall–Kier alpha value is -6.53. The quantitative estimate of drug-likeness (QED) is 0.0535. The van der Waals surface area contributed by atoms with Crippen LogP contribution < -0.4 is 70.8 Å². The Bertz CT molecular complexity index is 2290. The van der Waals surface area contributed by atoms with Crippen LogP contribution in [0.3, 0.4) is 0 Å². The summed E-state index contributed by atoms with van der Waals surface area (Å²) in [4.78, 5) is 128. The number of carbonyl (C=O) groups excluding carboxylic acids is 9. The van der Waals surface area contributed by atoms with E-state index in [2.05, 4.69) is 54.8 Å². The van der Waals surface area contributed by atoms with Crippen molar-refractivity contribution in [3.63, 3.8) is 0 Å². The van der Waals surface area contributed by atoms with Gasteiger partial charge >= 0.3 is 0 Å². The van der Waals surface area contributed by atoms with Gasteiger partial charge in [-0.05, 0) is 112 Å². The number of aliphatic hydroxyl groups excluding tert-OH is 1. The summed E-state index contributed by atoms with van der Waals surface area (Å²) in [5, 5.41) is 35.1. The van der Waals surface area contributed by atoms with Gasteiger partial charge in [0.25, 0.3) is 0 Å². The van der Waals surface area contributed by atoms with E-state index in [4.69, 9.17) is 22.9 Å². The number of hydrogen-bond acceptors (Lipinski definition) is 14. The second-order valence-electron chi connectivity index (χ2n) is 21.9. The van der Waals surface area contributed by atoms with Crippen LogP contribution in [0.15, 0.2) is 54.6 Å². The van der Waals surface area contributed by atoms with Crippen molar-refractivity contribution in [2.45, 2.75) is 192 Å². The molecule has 452 valence electrons. The number of nitrogens with one attached hydrogen (secondary N) is 9. The Kier molecular flexibility index (Phi) is 31.8. The molecule has 81 heavy (non-hydrogen) atoms. The lowest BCUT2D eigenvalue weighted by molar-refractivity contribution is -0.136. The second-order valence-corrected chi connectivity index (χ2v) is 21.9. The van der Waals surface area contributed by atoms with Crippen LogP contribution in [0, 0.1) is 11.8 Å². The lowest BCUT2D eigenvalue weighted by atomic mass is 9.98. The monoisotopic (exact) mass is 1130 g/mol. The first kappa shape index (κ1) is 68.7. The number of carbonyl (C=O) groups is 9. The average Bonchev–Trinajstić information content (AvgIpc) is 3.43. The molecule has 2 aromatic carbocycles. The summed E-state index contributed by atoms with van der Waals surface area (Å²) in [6, 6.07) is 6.48. The highest BCUT2D eigenvalue weighted by Crippen LogP contribution is 2.20. The minimum atomic E-state index is -1.48. The molecule has 0 aliphatic carbocycles. The van der Waals surface area contributed by atoms with Gasteiger partial charge in [0.15, 0.2) is 0 Å². The summed E-state index contributed by atoms with van der Waals surface area (Å²) in [5.41, 5.74) is 26.3. The van der Waals surface area contributed by atoms with Crippen LogP contribution in [0.1, 0.15) is 136 Å². The fraction of sp³-hybridized carbons (Fsp3) is 0.638. The van der Waals surface area contributed by atoms with Gasteiger partial charge in [-0.1, -0.05) is 121 Å². The number of amides is 9. The van der Waals surface area contributed by atoms with Crippen LogP contribution in [0.25, 0.3) is 11.1 Å². The van der Waals surface area contributed by atoms with E-state index >= 15 is 0 Å². The van der Waals surface area contributed by atoms with E-state index in [-0.39, 0.29) is 102 Å². The fourth-order valence-electron chi connectivity index (χ4n) is 9.31. The third-order valence-corrected chi connectivity index (χ3v) is 13.9. The summed E-state index contributed by atoms with van der Waals surface area (Å²) in [7, 11) is 0. The fourth-order valence-corrected chi connectivity index (χ4v) is 9.31. The summed E-state index contributed by atoms with van der Waals surface area (Å²) in [6.45, 7) is 9.10. The molecule has 0 unspecified atom stereocenters. The van der Waals surface area contributed by atoms with Gasteiger partial charge in [-0.2, -0.15) is 0 Å². The van der Waals surface area contributed by atoms with E-state index in [1.54, 1.807) is 12.1 Å². The summed E-state index contributed by atoms with van der Waals surface area (Å²) >= 11 is 0. The summed E-state index contributed by atoms with van der Waals surface area (Å²) < 4.78 is 0. The molecule has 9 amide bonds. The lowest BCUT2D eigenvalue weighted by Crippen LogP contribution is -2.61. The standard InChI is InChI=1S/C58H95N13O10/c1-6-7-8-9-13-16-41(72)35-50(73)64-43(23-28-59)52(75)69-47-27-32-63-51(74)42(22-17-36(2)3)65-53(76)44(24-29-60)66-54(77)45(25-30-61)68-57(80)48(33-37(4)5)70-58(81)49(71-55(78)46(26-31-62)67-56(47)79)34-38-18-20-40(21-19-38)39-14-11-10-12-15-39/h10-12,14-15,18-21,36-37,41-49,72H,6-9,13,16-17,22-35,59-62H2,1-5H3,(H,63,74)(H,64,73)(H,65,76)(H,66,77)(H,67,79)(H,68,80)(H,69,75)(H,70,81)(H,71,78)/t41-,42+,43+,44+,45+,46+,47-,48+,49-/m1/s1. The highest BCUT2D eigenvalue weighted by molar-refractivity contribution is 5.98. The minimum absolute atomic E-state index is 0.0492. The van der Waals surface area contributed by atoms with Crippen LogP contribution in [0.4, 0.5) is 0 Å². The zero-order chi connectivity index (χ0) is 59.9. The van der Waals surface area contributed by atoms with Crippen molar-refractivity contribution in [3.8, 4) is 11.1 Å². The smallest absolute Gasteiger partial charge is 0.243 e. The predicted octanol–water partition coefficient (Wildman–Crippen LogP) is 0.283. The maximum absolute atomic E-state index is 14.7. The lowest BCUT2D eigenvalue weighted by Gasteiger charge is -2.28. The first-order chi connectivity index (χ1) is 38.7. The zero-order valence-electron chi connectivity index (χ0n) is 48.3. The molecule has 2 aromatic rings. The van der Waals surface area contributed by atoms with Crippen molar-refractivity contribution >= 4 is 53.2 Å². The topological polar surface area (TPSA) is 386 Å². The second kappa shape index (κ2) is 37.5. The Morgan fingerprint density at radius 3 is 1.58 bits per heavy atom. The molecule has 23 nitrogen and oxygen atoms in total. The number of benzene rings is 2. The molecule has 1 heterocycles. The first-order valence-corrected chi connectivity index (χ1v) is 29.1. The number of rotatable bonds is 27. The van der Waals surface area contributed by atoms with Gasteiger partial charge in [0, 0.05) is 13.0 Å². The molecule has 0 bridgehead atoms. The first-order valence-electron chi connectivity index (χ1n) is 29.1. The van der Waals surface area contributed by atoms with Crippen molar-refractivity contribution in [1.29, 1.82) is 0 Å². The molecule has 0 radical (unpaired) electrons. The van der Waals surface area contributed by atoms with Crippen LogP contribution in [0.5, 0.6) is 0 Å². The van der Waals surface area contributed by atoms with Crippen LogP contribution in [-0.2, 0) is 49.6 Å². The van der Waals surface area contributed by atoms with Gasteiger partial charge in [0.05, 0.1) is 12.5 Å². The maximum atomic E-state index is 14.7. The predicted molar refractivity (Wildman–Crippen MR) is 311 cm³/mol. The van der Waals surface area contributed by atoms with Gasteiger partial charge < -0.3 is 75.9 Å². The molecule has 1 aliphatic rings. The van der Waals surface area contributed by atoms with Crippen LogP contribution in [0.2, 0.25) is 0 Å². The van der Waals surface area contributed by atoms with Crippen LogP contribution >= 0.6 is 0 Å². The van der Waals surface area contributed by atoms with Crippen molar-refractivity contribution < 1.29 is 48.3 Å². The molecule has 0 spiro atoms. The minimum Gasteiger partial charge on any atom is -0.393 e. The van der Waals surface area contributed by atoms with E-state index in [1.165, 1.54) is 0 Å². The molecular weight excluding hydrogens is 1040 g/mol. The van der Waals surface area contributed by atoms with Gasteiger partial charge in [-0.25, -0.2) is 0 Å². The summed E-state index contributed by atoms with van der Waals surface area (Å²) in [6.07, 6.45) is 3.98. The average molecular weight is 1130 g/mol. The molecule has 1 saturated heterocycles. The Balaban J connectivity index is 2.14. The van der Waals surface area contributed by atoms with E-state index in [1.807, 2.05) is 70.2 Å². The van der Waals surface area contributed by atoms with Gasteiger partial charge in [0.2, 0.25) is 53.2 Å². The van der Waals surface area contributed by atoms with Crippen molar-refractivity contribution in [2.75, 3.05) is 32.7 Å². The van der Waals surface area contributed by atoms with Gasteiger partial charge in [-0.3, -0.25) is 43.2 Å². The molecular formula is C58H95N13O10. The van der Waals surface area contributed by atoms with Crippen molar-refractivity contribution in [2.24, 2.45) is 34.8 Å². The molecule has 18 N–H and O–H groups in total. The maximum Gasteiger partial charge on any atom is 0.243 e. The highest BCUT2D eigenvalue weighted by atomic mass is 16.3. The van der Waals surface area contributed by atoms with E-state index in [9.17, 15) is 48.3 Å². The van der Waals surface area contributed by atoms with E-state index in [0.717, 1.165) is 43.2 Å². The van der Waals surface area contributed by atoms with Gasteiger partial charge in [0.1, 0.15) is 48.3 Å². The number of hydrogen-bond donors (Lipinski definition) is 14. The molecule has 3 rings (SSSR count). The third kappa shape index (κ3) is 25.4. The molecule has 1 fully saturated rings. The third-order valence-electron chi connectivity index (χ3n) is 13.9. The van der Waals surface area contributed by atoms with Crippen LogP contribution in [-0.4, -0.2) is 145 Å². The normalized spacial score (nSPS) is 22.0. The highest BCUT2D eigenvalue weighted by Gasteiger charge is 2.36. The number of aliphatic hydroxyl groups is 1. The van der Waals surface area contributed by atoms with E-state index in [0.29, 0.717) is 18.4 Å².